The van der Waals surface area contributed by atoms with Gasteiger partial charge in [0.1, 0.15) is 29.3 Å². The Labute approximate surface area is 79.0 Å². The van der Waals surface area contributed by atoms with Gasteiger partial charge in [0.2, 0.25) is 0 Å². The third kappa shape index (κ3) is 1.57. The Balaban J connectivity index is 3.50. The molecular formula is C7H9B3O3. The van der Waals surface area contributed by atoms with Crippen molar-refractivity contribution in [3.63, 3.8) is 0 Å². The maximum absolute atomic E-state index is 10.7. The normalized spacial score (nSPS) is 9.85. The van der Waals surface area contributed by atoms with Gasteiger partial charge in [-0.15, -0.1) is 0 Å². The summed E-state index contributed by atoms with van der Waals surface area (Å²) >= 11 is 0. The van der Waals surface area contributed by atoms with Gasteiger partial charge in [0.25, 0.3) is 0 Å². The van der Waals surface area contributed by atoms with Gasteiger partial charge in [-0.25, -0.2) is 4.79 Å². The Hall–Kier alpha value is -1.32. The fraction of sp³-hybridized carbons (Fsp3) is 0. The monoisotopic (exact) mass is 174 g/mol. The molecule has 3 nitrogen and oxygen atoms in total. The zero-order valence-corrected chi connectivity index (χ0v) is 7.88. The molecule has 0 unspecified atom stereocenters. The highest BCUT2D eigenvalue weighted by molar-refractivity contribution is 6.58. The molecule has 0 amide bonds. The lowest BCUT2D eigenvalue weighted by atomic mass is 9.71. The molecule has 0 spiro atoms. The third-order valence-electron chi connectivity index (χ3n) is 2.36. The van der Waals surface area contributed by atoms with Crippen molar-refractivity contribution in [3.8, 4) is 5.75 Å². The van der Waals surface area contributed by atoms with Gasteiger partial charge in [0.15, 0.2) is 0 Å². The summed E-state index contributed by atoms with van der Waals surface area (Å²) in [5.41, 5.74) is 2.42. The highest BCUT2D eigenvalue weighted by atomic mass is 16.4. The van der Waals surface area contributed by atoms with E-state index in [-0.39, 0.29) is 11.3 Å². The Bertz CT molecular complexity index is 376. The highest BCUT2D eigenvalue weighted by Crippen LogP contribution is 2.09. The lowest BCUT2D eigenvalue weighted by Gasteiger charge is -2.10. The van der Waals surface area contributed by atoms with E-state index < -0.39 is 5.97 Å². The molecule has 0 saturated carbocycles. The van der Waals surface area contributed by atoms with Crippen molar-refractivity contribution in [1.29, 1.82) is 0 Å². The second-order valence-corrected chi connectivity index (χ2v) is 3.14. The predicted molar refractivity (Wildman–Crippen MR) is 59.6 cm³/mol. The molecule has 6 heteroatoms. The maximum Gasteiger partial charge on any atom is 0.339 e. The molecule has 0 aliphatic heterocycles. The molecule has 0 aromatic heterocycles. The van der Waals surface area contributed by atoms with Crippen LogP contribution in [0.15, 0.2) is 6.07 Å². The summed E-state index contributed by atoms with van der Waals surface area (Å²) in [4.78, 5) is 10.7. The lowest BCUT2D eigenvalue weighted by Crippen LogP contribution is -2.40. The summed E-state index contributed by atoms with van der Waals surface area (Å²) in [6.45, 7) is 0. The molecule has 0 aliphatic carbocycles. The van der Waals surface area contributed by atoms with Crippen LogP contribution in [0.3, 0.4) is 0 Å². The van der Waals surface area contributed by atoms with Crippen molar-refractivity contribution in [3.05, 3.63) is 11.6 Å². The smallest absolute Gasteiger partial charge is 0.339 e. The number of carboxylic acids is 1. The van der Waals surface area contributed by atoms with Gasteiger partial charge in [0.05, 0.1) is 5.56 Å². The number of aromatic hydroxyl groups is 1. The van der Waals surface area contributed by atoms with Crippen molar-refractivity contribution in [2.45, 2.75) is 0 Å². The molecule has 0 atom stereocenters. The molecule has 1 aromatic carbocycles. The van der Waals surface area contributed by atoms with Crippen LogP contribution in [0, 0.1) is 0 Å². The van der Waals surface area contributed by atoms with Gasteiger partial charge in [-0.05, 0) is 0 Å². The topological polar surface area (TPSA) is 57.5 Å². The first-order valence-corrected chi connectivity index (χ1v) is 3.98. The van der Waals surface area contributed by atoms with Gasteiger partial charge >= 0.3 is 5.97 Å². The molecule has 0 radical (unpaired) electrons. The van der Waals surface area contributed by atoms with Crippen molar-refractivity contribution in [1.82, 2.24) is 0 Å². The molecule has 2 N–H and O–H groups in total. The van der Waals surface area contributed by atoms with Gasteiger partial charge in [-0.3, -0.25) is 0 Å². The number of hydrogen-bond donors (Lipinski definition) is 2. The first-order chi connectivity index (χ1) is 5.95. The van der Waals surface area contributed by atoms with Crippen LogP contribution in [0.2, 0.25) is 0 Å². The van der Waals surface area contributed by atoms with E-state index in [1.54, 1.807) is 7.85 Å². The van der Waals surface area contributed by atoms with Crippen molar-refractivity contribution in [2.24, 2.45) is 0 Å². The quantitative estimate of drug-likeness (QED) is 0.424. The van der Waals surface area contributed by atoms with Gasteiger partial charge in [-0.1, -0.05) is 22.5 Å². The maximum atomic E-state index is 10.7. The minimum atomic E-state index is -1.09. The van der Waals surface area contributed by atoms with Gasteiger partial charge in [-0.2, -0.15) is 0 Å². The molecule has 0 fully saturated rings. The van der Waals surface area contributed by atoms with Crippen LogP contribution in [0.1, 0.15) is 10.4 Å². The lowest BCUT2D eigenvalue weighted by molar-refractivity contribution is 0.0694. The summed E-state index contributed by atoms with van der Waals surface area (Å²) in [7, 11) is 5.40. The van der Waals surface area contributed by atoms with Crippen LogP contribution in [0.5, 0.6) is 5.75 Å². The fourth-order valence-electron chi connectivity index (χ4n) is 1.23. The first-order valence-electron chi connectivity index (χ1n) is 3.98. The average molecular weight is 174 g/mol. The van der Waals surface area contributed by atoms with E-state index in [9.17, 15) is 9.90 Å². The molecule has 0 saturated heterocycles. The largest absolute Gasteiger partial charge is 0.508 e. The molecule has 0 heterocycles. The molecule has 13 heavy (non-hydrogen) atoms. The molecule has 1 aromatic rings. The van der Waals surface area contributed by atoms with Crippen molar-refractivity contribution < 1.29 is 15.0 Å². The predicted octanol–water partition coefficient (Wildman–Crippen LogP) is -4.13. The second-order valence-electron chi connectivity index (χ2n) is 3.14. The van der Waals surface area contributed by atoms with Crippen LogP contribution in [-0.2, 0) is 0 Å². The summed E-state index contributed by atoms with van der Waals surface area (Å²) in [5.74, 6) is -1.22. The molecule has 1 rings (SSSR count). The Morgan fingerprint density at radius 2 is 1.77 bits per heavy atom. The summed E-state index contributed by atoms with van der Waals surface area (Å²) in [6.07, 6.45) is 0. The van der Waals surface area contributed by atoms with Crippen molar-refractivity contribution in [2.75, 3.05) is 0 Å². The van der Waals surface area contributed by atoms with E-state index in [0.29, 0.717) is 5.46 Å². The third-order valence-corrected chi connectivity index (χ3v) is 2.36. The van der Waals surface area contributed by atoms with E-state index in [2.05, 4.69) is 0 Å². The van der Waals surface area contributed by atoms with Gasteiger partial charge < -0.3 is 10.2 Å². The Morgan fingerprint density at radius 3 is 2.23 bits per heavy atom. The zero-order valence-electron chi connectivity index (χ0n) is 7.88. The second kappa shape index (κ2) is 3.20. The van der Waals surface area contributed by atoms with Crippen LogP contribution in [0.4, 0.5) is 0 Å². The number of carboxylic acid groups (broad SMARTS) is 1. The number of carbonyl (C=O) groups is 1. The Morgan fingerprint density at radius 1 is 1.23 bits per heavy atom. The van der Waals surface area contributed by atoms with E-state index >= 15 is 0 Å². The minimum absolute atomic E-state index is 0.0272. The van der Waals surface area contributed by atoms with Crippen LogP contribution in [-0.4, -0.2) is 39.7 Å². The average Bonchev–Trinajstić information content (AvgIpc) is 2.07. The zero-order chi connectivity index (χ0) is 10.2. The van der Waals surface area contributed by atoms with Gasteiger partial charge in [0, 0.05) is 0 Å². The first kappa shape index (κ1) is 9.77. The molecule has 0 aliphatic rings. The van der Waals surface area contributed by atoms with Crippen LogP contribution in [0.25, 0.3) is 0 Å². The van der Waals surface area contributed by atoms with Crippen LogP contribution < -0.4 is 16.4 Å². The SMILES string of the molecule is Bc1cc(C(=O)O)c(O)c(B)c1B. The van der Waals surface area contributed by atoms with E-state index in [0.717, 1.165) is 10.9 Å². The summed E-state index contributed by atoms with van der Waals surface area (Å²) in [5, 5.41) is 18.2. The number of rotatable bonds is 1. The number of phenols is 1. The van der Waals surface area contributed by atoms with Crippen molar-refractivity contribution >= 4 is 45.9 Å². The Kier molecular flexibility index (Phi) is 2.41. The number of hydrogen-bond acceptors (Lipinski definition) is 2. The highest BCUT2D eigenvalue weighted by Gasteiger charge is 2.13. The minimum Gasteiger partial charge on any atom is -0.508 e. The number of benzene rings is 1. The fourth-order valence-corrected chi connectivity index (χ4v) is 1.23. The van der Waals surface area contributed by atoms with E-state index in [4.69, 9.17) is 5.11 Å². The van der Waals surface area contributed by atoms with Crippen LogP contribution >= 0.6 is 0 Å². The van der Waals surface area contributed by atoms with E-state index in [1.807, 2.05) is 15.7 Å². The molecular weight excluding hydrogens is 165 g/mol. The van der Waals surface area contributed by atoms with E-state index in [1.165, 1.54) is 6.07 Å². The molecule has 0 bridgehead atoms. The summed E-state index contributed by atoms with van der Waals surface area (Å²) in [6, 6.07) is 1.49. The summed E-state index contributed by atoms with van der Waals surface area (Å²) < 4.78 is 0. The standard InChI is InChI=1S/C7H9B3O3/c8-3-1-2(7(12)13)6(11)5(10)4(3)9/h1,11H,8-10H2,(H,12,13). The number of aromatic carboxylic acids is 1. The molecule has 64 valence electrons.